The predicted octanol–water partition coefficient (Wildman–Crippen LogP) is 4.03. The lowest BCUT2D eigenvalue weighted by molar-refractivity contribution is -0.120. The number of nitrogens with zero attached hydrogens (tertiary/aromatic N) is 1. The van der Waals surface area contributed by atoms with E-state index in [0.29, 0.717) is 30.1 Å². The van der Waals surface area contributed by atoms with E-state index >= 15 is 0 Å². The topological polar surface area (TPSA) is 66.5 Å². The lowest BCUT2D eigenvalue weighted by Crippen LogP contribution is -2.43. The Kier molecular flexibility index (Phi) is 5.87. The van der Waals surface area contributed by atoms with Crippen molar-refractivity contribution in [2.45, 2.75) is 17.7 Å². The Labute approximate surface area is 163 Å². The molecule has 1 N–H and O–H groups in total. The van der Waals surface area contributed by atoms with Gasteiger partial charge < -0.3 is 5.32 Å². The molecule has 0 bridgehead atoms. The highest BCUT2D eigenvalue weighted by atomic mass is 35.5. The van der Waals surface area contributed by atoms with Gasteiger partial charge in [0.05, 0.1) is 10.9 Å². The molecule has 1 heterocycles. The van der Waals surface area contributed by atoms with Crippen molar-refractivity contribution in [1.82, 2.24) is 4.31 Å². The zero-order chi connectivity index (χ0) is 18.7. The molecular weight excluding hydrogens is 395 g/mol. The van der Waals surface area contributed by atoms with Crippen LogP contribution >= 0.6 is 23.2 Å². The minimum absolute atomic E-state index is 0.0317. The third-order valence-electron chi connectivity index (χ3n) is 4.31. The SMILES string of the molecule is O=C(Nc1ccccc1)[C@@H]1CCCN(S(=O)(=O)c2cc(Cl)ccc2Cl)C1. The average molecular weight is 413 g/mol. The predicted molar refractivity (Wildman–Crippen MR) is 103 cm³/mol. The molecule has 138 valence electrons. The van der Waals surface area contributed by atoms with E-state index in [9.17, 15) is 13.2 Å². The molecule has 1 fully saturated rings. The molecule has 0 aromatic heterocycles. The number of anilines is 1. The minimum atomic E-state index is -3.82. The molecule has 2 aromatic carbocycles. The fraction of sp³-hybridized carbons (Fsp3) is 0.278. The van der Waals surface area contributed by atoms with Crippen LogP contribution in [-0.2, 0) is 14.8 Å². The minimum Gasteiger partial charge on any atom is -0.326 e. The second-order valence-electron chi connectivity index (χ2n) is 6.13. The van der Waals surface area contributed by atoms with E-state index in [2.05, 4.69) is 5.32 Å². The molecule has 3 rings (SSSR count). The van der Waals surface area contributed by atoms with Crippen molar-refractivity contribution in [3.63, 3.8) is 0 Å². The van der Waals surface area contributed by atoms with Crippen LogP contribution in [0, 0.1) is 5.92 Å². The van der Waals surface area contributed by atoms with E-state index in [1.54, 1.807) is 12.1 Å². The zero-order valence-electron chi connectivity index (χ0n) is 13.9. The highest BCUT2D eigenvalue weighted by Crippen LogP contribution is 2.30. The fourth-order valence-electron chi connectivity index (χ4n) is 2.95. The smallest absolute Gasteiger partial charge is 0.244 e. The number of carbonyl (C=O) groups is 1. The van der Waals surface area contributed by atoms with Gasteiger partial charge in [-0.2, -0.15) is 4.31 Å². The van der Waals surface area contributed by atoms with E-state index < -0.39 is 15.9 Å². The van der Waals surface area contributed by atoms with Crippen molar-refractivity contribution in [2.24, 2.45) is 5.92 Å². The van der Waals surface area contributed by atoms with Crippen LogP contribution in [0.15, 0.2) is 53.4 Å². The molecule has 2 aromatic rings. The molecule has 0 aliphatic carbocycles. The third-order valence-corrected chi connectivity index (χ3v) is 6.89. The normalized spacial score (nSPS) is 18.5. The van der Waals surface area contributed by atoms with Crippen LogP contribution in [0.5, 0.6) is 0 Å². The van der Waals surface area contributed by atoms with Gasteiger partial charge in [0, 0.05) is 23.8 Å². The van der Waals surface area contributed by atoms with Crippen LogP contribution in [-0.4, -0.2) is 31.7 Å². The van der Waals surface area contributed by atoms with Crippen LogP contribution in [0.2, 0.25) is 10.0 Å². The van der Waals surface area contributed by atoms with Crippen LogP contribution in [0.3, 0.4) is 0 Å². The first kappa shape index (κ1) is 19.2. The summed E-state index contributed by atoms with van der Waals surface area (Å²) < 4.78 is 27.2. The van der Waals surface area contributed by atoms with Gasteiger partial charge in [-0.1, -0.05) is 41.4 Å². The summed E-state index contributed by atoms with van der Waals surface area (Å²) in [6.07, 6.45) is 1.23. The van der Waals surface area contributed by atoms with Crippen molar-refractivity contribution in [2.75, 3.05) is 18.4 Å². The quantitative estimate of drug-likeness (QED) is 0.823. The maximum Gasteiger partial charge on any atom is 0.244 e. The summed E-state index contributed by atoms with van der Waals surface area (Å²) in [4.78, 5) is 12.5. The number of halogens is 2. The summed E-state index contributed by atoms with van der Waals surface area (Å²) in [5.41, 5.74) is 0.690. The Hall–Kier alpha value is -1.60. The summed E-state index contributed by atoms with van der Waals surface area (Å²) in [5.74, 6) is -0.606. The number of hydrogen-bond acceptors (Lipinski definition) is 3. The molecule has 5 nitrogen and oxygen atoms in total. The Bertz CT molecular complexity index is 904. The first-order valence-electron chi connectivity index (χ1n) is 8.19. The van der Waals surface area contributed by atoms with Crippen molar-refractivity contribution >= 4 is 44.8 Å². The molecule has 1 aliphatic heterocycles. The largest absolute Gasteiger partial charge is 0.326 e. The molecule has 0 spiro atoms. The molecule has 1 amide bonds. The van der Waals surface area contributed by atoms with Gasteiger partial charge in [-0.25, -0.2) is 8.42 Å². The molecule has 0 saturated carbocycles. The van der Waals surface area contributed by atoms with Gasteiger partial charge in [0.1, 0.15) is 4.90 Å². The number of rotatable bonds is 4. The second kappa shape index (κ2) is 7.96. The van der Waals surface area contributed by atoms with Crippen molar-refractivity contribution in [1.29, 1.82) is 0 Å². The fourth-order valence-corrected chi connectivity index (χ4v) is 5.22. The Morgan fingerprint density at radius 2 is 1.85 bits per heavy atom. The van der Waals surface area contributed by atoms with Crippen LogP contribution in [0.25, 0.3) is 0 Å². The van der Waals surface area contributed by atoms with Gasteiger partial charge in [-0.05, 0) is 43.2 Å². The van der Waals surface area contributed by atoms with Crippen molar-refractivity contribution < 1.29 is 13.2 Å². The van der Waals surface area contributed by atoms with E-state index in [-0.39, 0.29) is 22.4 Å². The summed E-state index contributed by atoms with van der Waals surface area (Å²) in [6, 6.07) is 13.4. The monoisotopic (exact) mass is 412 g/mol. The summed E-state index contributed by atoms with van der Waals surface area (Å²) in [7, 11) is -3.82. The first-order chi connectivity index (χ1) is 12.4. The second-order valence-corrected chi connectivity index (χ2v) is 8.88. The lowest BCUT2D eigenvalue weighted by atomic mass is 9.99. The summed E-state index contributed by atoms with van der Waals surface area (Å²) >= 11 is 12.0. The summed E-state index contributed by atoms with van der Waals surface area (Å²) in [5, 5.41) is 3.25. The molecule has 26 heavy (non-hydrogen) atoms. The molecule has 1 aliphatic rings. The van der Waals surface area contributed by atoms with Crippen LogP contribution in [0.1, 0.15) is 12.8 Å². The number of benzene rings is 2. The van der Waals surface area contributed by atoms with Crippen LogP contribution in [0.4, 0.5) is 5.69 Å². The Morgan fingerprint density at radius 1 is 1.12 bits per heavy atom. The van der Waals surface area contributed by atoms with Gasteiger partial charge in [0.2, 0.25) is 15.9 Å². The number of hydrogen-bond donors (Lipinski definition) is 1. The van der Waals surface area contributed by atoms with E-state index in [4.69, 9.17) is 23.2 Å². The number of sulfonamides is 1. The summed E-state index contributed by atoms with van der Waals surface area (Å²) in [6.45, 7) is 0.462. The Balaban J connectivity index is 1.77. The standard InChI is InChI=1S/C18H18Cl2N2O3S/c19-14-8-9-16(20)17(11-14)26(24,25)22-10-4-5-13(12-22)18(23)21-15-6-2-1-3-7-15/h1-3,6-9,11,13H,4-5,10,12H2,(H,21,23)/t13-/m1/s1. The number of amides is 1. The zero-order valence-corrected chi connectivity index (χ0v) is 16.2. The van der Waals surface area contributed by atoms with Gasteiger partial charge in [-0.3, -0.25) is 4.79 Å². The van der Waals surface area contributed by atoms with Gasteiger partial charge >= 0.3 is 0 Å². The molecule has 0 radical (unpaired) electrons. The average Bonchev–Trinajstić information content (AvgIpc) is 2.64. The van der Waals surface area contributed by atoms with Gasteiger partial charge in [0.25, 0.3) is 0 Å². The lowest BCUT2D eigenvalue weighted by Gasteiger charge is -2.31. The Morgan fingerprint density at radius 3 is 2.58 bits per heavy atom. The number of nitrogens with one attached hydrogen (secondary N) is 1. The maximum absolute atomic E-state index is 12.9. The van der Waals surface area contributed by atoms with E-state index in [1.807, 2.05) is 18.2 Å². The van der Waals surface area contributed by atoms with E-state index in [1.165, 1.54) is 22.5 Å². The molecule has 0 unspecified atom stereocenters. The molecular formula is C18H18Cl2N2O3S. The number of carbonyl (C=O) groups excluding carboxylic acids is 1. The third kappa shape index (κ3) is 4.20. The van der Waals surface area contributed by atoms with Crippen LogP contribution < -0.4 is 5.32 Å². The molecule has 1 saturated heterocycles. The molecule has 1 atom stereocenters. The first-order valence-corrected chi connectivity index (χ1v) is 10.4. The van der Waals surface area contributed by atoms with Gasteiger partial charge in [-0.15, -0.1) is 0 Å². The van der Waals surface area contributed by atoms with Crippen molar-refractivity contribution in [3.8, 4) is 0 Å². The number of para-hydroxylation sites is 1. The highest BCUT2D eigenvalue weighted by molar-refractivity contribution is 7.89. The van der Waals surface area contributed by atoms with E-state index in [0.717, 1.165) is 0 Å². The maximum atomic E-state index is 12.9. The number of piperidine rings is 1. The van der Waals surface area contributed by atoms with Gasteiger partial charge in [0.15, 0.2) is 0 Å². The molecule has 8 heteroatoms. The van der Waals surface area contributed by atoms with Crippen molar-refractivity contribution in [3.05, 3.63) is 58.6 Å². The highest BCUT2D eigenvalue weighted by Gasteiger charge is 2.34.